The normalized spacial score (nSPS) is 23.3. The van der Waals surface area contributed by atoms with Crippen LogP contribution in [0.1, 0.15) is 17.5 Å². The maximum Gasteiger partial charge on any atom is 0.0710 e. The fourth-order valence-corrected chi connectivity index (χ4v) is 3.00. The van der Waals surface area contributed by atoms with Gasteiger partial charge in [0.2, 0.25) is 0 Å². The van der Waals surface area contributed by atoms with Crippen LogP contribution < -0.4 is 0 Å². The van der Waals surface area contributed by atoms with Crippen LogP contribution in [0.4, 0.5) is 0 Å². The van der Waals surface area contributed by atoms with Crippen molar-refractivity contribution in [3.05, 3.63) is 53.9 Å². The number of rotatable bonds is 4. The second-order valence-corrected chi connectivity index (χ2v) is 5.61. The Kier molecular flexibility index (Phi) is 3.85. The number of nitrogens with zero attached hydrogens (tertiary/aromatic N) is 3. The van der Waals surface area contributed by atoms with Gasteiger partial charge >= 0.3 is 0 Å². The van der Waals surface area contributed by atoms with Crippen molar-refractivity contribution in [2.24, 2.45) is 7.05 Å². The van der Waals surface area contributed by atoms with Gasteiger partial charge in [0.1, 0.15) is 0 Å². The van der Waals surface area contributed by atoms with E-state index in [1.54, 1.807) is 0 Å². The largest absolute Gasteiger partial charge is 0.391 e. The lowest BCUT2D eigenvalue weighted by molar-refractivity contribution is 0.112. The molecule has 0 spiro atoms. The first kappa shape index (κ1) is 13.3. The van der Waals surface area contributed by atoms with Crippen LogP contribution in [-0.4, -0.2) is 38.5 Å². The molecule has 3 rings (SSSR count). The lowest BCUT2D eigenvalue weighted by atomic mass is 10.0. The molecule has 1 aliphatic rings. The van der Waals surface area contributed by atoms with Gasteiger partial charge in [-0.15, -0.1) is 0 Å². The highest BCUT2D eigenvalue weighted by atomic mass is 16.3. The highest BCUT2D eigenvalue weighted by molar-refractivity contribution is 5.17. The molecule has 20 heavy (non-hydrogen) atoms. The van der Waals surface area contributed by atoms with Gasteiger partial charge in [0.05, 0.1) is 12.3 Å². The van der Waals surface area contributed by atoms with E-state index in [1.807, 2.05) is 30.2 Å². The fraction of sp³-hybridized carbons (Fsp3) is 0.438. The Labute approximate surface area is 119 Å². The van der Waals surface area contributed by atoms with Gasteiger partial charge in [0.15, 0.2) is 0 Å². The van der Waals surface area contributed by atoms with Gasteiger partial charge < -0.3 is 5.11 Å². The molecule has 1 fully saturated rings. The summed E-state index contributed by atoms with van der Waals surface area (Å²) in [5, 5.41) is 14.5. The number of hydrogen-bond donors (Lipinski definition) is 1. The molecule has 106 valence electrons. The van der Waals surface area contributed by atoms with Crippen molar-refractivity contribution < 1.29 is 5.11 Å². The fourth-order valence-electron chi connectivity index (χ4n) is 3.00. The molecule has 0 aliphatic carbocycles. The van der Waals surface area contributed by atoms with E-state index >= 15 is 0 Å². The molecule has 0 amide bonds. The van der Waals surface area contributed by atoms with Crippen molar-refractivity contribution in [2.45, 2.75) is 31.5 Å². The van der Waals surface area contributed by atoms with Crippen LogP contribution in [0.15, 0.2) is 42.7 Å². The summed E-state index contributed by atoms with van der Waals surface area (Å²) in [5.41, 5.74) is 2.49. The zero-order chi connectivity index (χ0) is 13.9. The van der Waals surface area contributed by atoms with E-state index in [0.29, 0.717) is 0 Å². The molecular weight excluding hydrogens is 250 g/mol. The van der Waals surface area contributed by atoms with Crippen molar-refractivity contribution >= 4 is 0 Å². The summed E-state index contributed by atoms with van der Waals surface area (Å²) < 4.78 is 1.83. The molecule has 2 aromatic rings. The molecule has 1 aromatic carbocycles. The molecule has 0 saturated carbocycles. The third kappa shape index (κ3) is 2.92. The Hall–Kier alpha value is -1.65. The molecule has 4 nitrogen and oxygen atoms in total. The van der Waals surface area contributed by atoms with Gasteiger partial charge in [-0.05, 0) is 18.4 Å². The van der Waals surface area contributed by atoms with E-state index in [-0.39, 0.29) is 12.1 Å². The van der Waals surface area contributed by atoms with Crippen molar-refractivity contribution in [1.82, 2.24) is 14.7 Å². The van der Waals surface area contributed by atoms with E-state index in [4.69, 9.17) is 0 Å². The smallest absolute Gasteiger partial charge is 0.0710 e. The molecule has 2 heterocycles. The lowest BCUT2D eigenvalue weighted by Crippen LogP contribution is -2.36. The van der Waals surface area contributed by atoms with Crippen molar-refractivity contribution in [2.75, 3.05) is 6.54 Å². The van der Waals surface area contributed by atoms with E-state index in [0.717, 1.165) is 25.9 Å². The summed E-state index contributed by atoms with van der Waals surface area (Å²) in [7, 11) is 1.93. The summed E-state index contributed by atoms with van der Waals surface area (Å²) in [6, 6.07) is 10.6. The number of aliphatic hydroxyl groups is 1. The number of hydrogen-bond acceptors (Lipinski definition) is 3. The molecule has 0 unspecified atom stereocenters. The number of aryl methyl sites for hydroxylation is 1. The van der Waals surface area contributed by atoms with Gasteiger partial charge in [-0.2, -0.15) is 5.10 Å². The van der Waals surface area contributed by atoms with E-state index < -0.39 is 0 Å². The summed E-state index contributed by atoms with van der Waals surface area (Å²) in [6.45, 7) is 1.82. The summed E-state index contributed by atoms with van der Waals surface area (Å²) in [4.78, 5) is 2.37. The van der Waals surface area contributed by atoms with Crippen molar-refractivity contribution in [3.8, 4) is 0 Å². The quantitative estimate of drug-likeness (QED) is 0.918. The molecular formula is C16H21N3O. The summed E-state index contributed by atoms with van der Waals surface area (Å²) >= 11 is 0. The number of aromatic nitrogens is 2. The Morgan fingerprint density at radius 3 is 2.75 bits per heavy atom. The van der Waals surface area contributed by atoms with Gasteiger partial charge in [-0.3, -0.25) is 9.58 Å². The van der Waals surface area contributed by atoms with E-state index in [2.05, 4.69) is 34.3 Å². The van der Waals surface area contributed by atoms with Crippen LogP contribution in [0.5, 0.6) is 0 Å². The minimum Gasteiger partial charge on any atom is -0.391 e. The monoisotopic (exact) mass is 271 g/mol. The number of benzene rings is 1. The number of likely N-dealkylation sites (tertiary alicyclic amines) is 1. The van der Waals surface area contributed by atoms with Crippen molar-refractivity contribution in [1.29, 1.82) is 0 Å². The summed E-state index contributed by atoms with van der Waals surface area (Å²) in [6.07, 6.45) is 5.49. The van der Waals surface area contributed by atoms with Crippen LogP contribution in [0.25, 0.3) is 0 Å². The zero-order valence-corrected chi connectivity index (χ0v) is 11.8. The molecule has 2 atom stereocenters. The first-order chi connectivity index (χ1) is 9.72. The Balaban J connectivity index is 1.70. The van der Waals surface area contributed by atoms with Crippen LogP contribution in [0.3, 0.4) is 0 Å². The van der Waals surface area contributed by atoms with Gasteiger partial charge in [0, 0.05) is 37.9 Å². The predicted octanol–water partition coefficient (Wildman–Crippen LogP) is 1.60. The molecule has 0 radical (unpaired) electrons. The molecule has 4 heteroatoms. The van der Waals surface area contributed by atoms with Crippen LogP contribution in [0, 0.1) is 0 Å². The average Bonchev–Trinajstić information content (AvgIpc) is 3.01. The maximum absolute atomic E-state index is 10.2. The van der Waals surface area contributed by atoms with Crippen molar-refractivity contribution in [3.63, 3.8) is 0 Å². The topological polar surface area (TPSA) is 41.3 Å². The third-order valence-corrected chi connectivity index (χ3v) is 4.06. The molecule has 1 aliphatic heterocycles. The Morgan fingerprint density at radius 1 is 1.25 bits per heavy atom. The van der Waals surface area contributed by atoms with Gasteiger partial charge in [0.25, 0.3) is 0 Å². The maximum atomic E-state index is 10.2. The lowest BCUT2D eigenvalue weighted by Gasteiger charge is -2.25. The zero-order valence-electron chi connectivity index (χ0n) is 11.8. The highest BCUT2D eigenvalue weighted by Gasteiger charge is 2.32. The summed E-state index contributed by atoms with van der Waals surface area (Å²) in [5.74, 6) is 0. The minimum absolute atomic E-state index is 0.206. The average molecular weight is 271 g/mol. The van der Waals surface area contributed by atoms with Crippen LogP contribution in [-0.2, 0) is 20.0 Å². The molecule has 0 bridgehead atoms. The van der Waals surface area contributed by atoms with E-state index in [1.165, 1.54) is 11.1 Å². The molecule has 1 aromatic heterocycles. The SMILES string of the molecule is Cn1cc(CN2CC[C@H](O)[C@@H]2Cc2ccccc2)cn1. The Morgan fingerprint density at radius 2 is 2.05 bits per heavy atom. The third-order valence-electron chi connectivity index (χ3n) is 4.06. The highest BCUT2D eigenvalue weighted by Crippen LogP contribution is 2.23. The minimum atomic E-state index is -0.230. The number of aliphatic hydroxyl groups excluding tert-OH is 1. The molecule has 1 saturated heterocycles. The van der Waals surface area contributed by atoms with Crippen LogP contribution >= 0.6 is 0 Å². The van der Waals surface area contributed by atoms with Gasteiger partial charge in [-0.25, -0.2) is 0 Å². The first-order valence-electron chi connectivity index (χ1n) is 7.16. The standard InChI is InChI=1S/C16H21N3O/c1-18-11-14(10-17-18)12-19-8-7-16(20)15(19)9-13-5-3-2-4-6-13/h2-6,10-11,15-16,20H,7-9,12H2,1H3/t15-,16-/m0/s1. The second-order valence-electron chi connectivity index (χ2n) is 5.61. The predicted molar refractivity (Wildman–Crippen MR) is 78.2 cm³/mol. The Bertz CT molecular complexity index is 552. The van der Waals surface area contributed by atoms with E-state index in [9.17, 15) is 5.11 Å². The van der Waals surface area contributed by atoms with Crippen LogP contribution in [0.2, 0.25) is 0 Å². The molecule has 1 N–H and O–H groups in total. The second kappa shape index (κ2) is 5.77. The first-order valence-corrected chi connectivity index (χ1v) is 7.16. The van der Waals surface area contributed by atoms with Gasteiger partial charge in [-0.1, -0.05) is 30.3 Å².